The van der Waals surface area contributed by atoms with Crippen LogP contribution in [0, 0.1) is 6.92 Å². The van der Waals surface area contributed by atoms with Crippen LogP contribution in [0.4, 0.5) is 0 Å². The normalized spacial score (nSPS) is 10.4. The number of aryl methyl sites for hydroxylation is 1. The predicted octanol–water partition coefficient (Wildman–Crippen LogP) is 4.37. The van der Waals surface area contributed by atoms with E-state index in [1.165, 1.54) is 0 Å². The van der Waals surface area contributed by atoms with Gasteiger partial charge in [0.2, 0.25) is 0 Å². The highest BCUT2D eigenvalue weighted by Gasteiger charge is 2.08. The van der Waals surface area contributed by atoms with Gasteiger partial charge in [-0.15, -0.1) is 0 Å². The molecule has 0 aliphatic rings. The molecule has 98 valence electrons. The maximum absolute atomic E-state index is 12.1. The number of esters is 1. The Hall–Kier alpha value is -2.61. The second-order valence-electron chi connectivity index (χ2n) is 4.77. The number of benzene rings is 3. The van der Waals surface area contributed by atoms with Crippen LogP contribution in [0.2, 0.25) is 0 Å². The van der Waals surface area contributed by atoms with Gasteiger partial charge in [0.1, 0.15) is 5.75 Å². The first-order valence-electron chi connectivity index (χ1n) is 6.50. The standard InChI is InChI=1S/C18H14O2/c1-13-5-4-8-16(11-13)18(19)20-17-10-9-14-6-2-3-7-15(14)12-17/h2-12H,1H3. The molecule has 0 atom stereocenters. The summed E-state index contributed by atoms with van der Waals surface area (Å²) in [6.07, 6.45) is 0. The van der Waals surface area contributed by atoms with Gasteiger partial charge in [-0.2, -0.15) is 0 Å². The Kier molecular flexibility index (Phi) is 3.21. The maximum Gasteiger partial charge on any atom is 0.343 e. The van der Waals surface area contributed by atoms with Gasteiger partial charge in [0.15, 0.2) is 0 Å². The number of hydrogen-bond donors (Lipinski definition) is 0. The zero-order valence-corrected chi connectivity index (χ0v) is 11.2. The van der Waals surface area contributed by atoms with Crippen LogP contribution >= 0.6 is 0 Å². The fourth-order valence-electron chi connectivity index (χ4n) is 2.17. The van der Waals surface area contributed by atoms with Crippen LogP contribution in [-0.4, -0.2) is 5.97 Å². The Bertz CT molecular complexity index is 775. The molecule has 0 amide bonds. The minimum absolute atomic E-state index is 0.330. The first kappa shape index (κ1) is 12.4. The molecule has 2 nitrogen and oxygen atoms in total. The molecule has 0 radical (unpaired) electrons. The van der Waals surface area contributed by atoms with Crippen molar-refractivity contribution in [2.75, 3.05) is 0 Å². The number of fused-ring (bicyclic) bond motifs is 1. The van der Waals surface area contributed by atoms with Crippen LogP contribution in [0.1, 0.15) is 15.9 Å². The van der Waals surface area contributed by atoms with Crippen molar-refractivity contribution in [3.63, 3.8) is 0 Å². The molecule has 3 aromatic rings. The van der Waals surface area contributed by atoms with Crippen molar-refractivity contribution in [1.82, 2.24) is 0 Å². The molecule has 0 spiro atoms. The summed E-state index contributed by atoms with van der Waals surface area (Å²) in [5, 5.41) is 2.19. The molecule has 0 saturated carbocycles. The summed E-state index contributed by atoms with van der Waals surface area (Å²) in [4.78, 5) is 12.1. The summed E-state index contributed by atoms with van der Waals surface area (Å²) in [6, 6.07) is 21.0. The van der Waals surface area contributed by atoms with E-state index in [1.54, 1.807) is 6.07 Å². The van der Waals surface area contributed by atoms with E-state index in [9.17, 15) is 4.79 Å². The number of carbonyl (C=O) groups excluding carboxylic acids is 1. The van der Waals surface area contributed by atoms with E-state index in [2.05, 4.69) is 0 Å². The van der Waals surface area contributed by atoms with Crippen molar-refractivity contribution in [3.8, 4) is 5.75 Å². The van der Waals surface area contributed by atoms with Gasteiger partial charge >= 0.3 is 5.97 Å². The van der Waals surface area contributed by atoms with Crippen molar-refractivity contribution in [2.45, 2.75) is 6.92 Å². The molecule has 0 aromatic heterocycles. The second-order valence-corrected chi connectivity index (χ2v) is 4.77. The van der Waals surface area contributed by atoms with Gasteiger partial charge < -0.3 is 4.74 Å². The molecule has 3 rings (SSSR count). The van der Waals surface area contributed by atoms with Gasteiger partial charge in [-0.25, -0.2) is 4.79 Å². The van der Waals surface area contributed by atoms with Crippen LogP contribution in [-0.2, 0) is 0 Å². The SMILES string of the molecule is Cc1cccc(C(=O)Oc2ccc3ccccc3c2)c1. The fraction of sp³-hybridized carbons (Fsp3) is 0.0556. The first-order chi connectivity index (χ1) is 9.72. The van der Waals surface area contributed by atoms with E-state index in [1.807, 2.05) is 67.6 Å². The van der Waals surface area contributed by atoms with Gasteiger partial charge in [0, 0.05) is 0 Å². The molecule has 0 saturated heterocycles. The quantitative estimate of drug-likeness (QED) is 0.506. The summed E-state index contributed by atoms with van der Waals surface area (Å²) < 4.78 is 5.42. The van der Waals surface area contributed by atoms with Crippen molar-refractivity contribution in [2.24, 2.45) is 0 Å². The van der Waals surface area contributed by atoms with Crippen LogP contribution in [0.5, 0.6) is 5.75 Å². The van der Waals surface area contributed by atoms with E-state index in [0.29, 0.717) is 11.3 Å². The molecule has 0 bridgehead atoms. The largest absolute Gasteiger partial charge is 0.423 e. The predicted molar refractivity (Wildman–Crippen MR) is 80.1 cm³/mol. The monoisotopic (exact) mass is 262 g/mol. The average Bonchev–Trinajstić information content (AvgIpc) is 2.47. The smallest absolute Gasteiger partial charge is 0.343 e. The molecule has 0 aliphatic heterocycles. The highest BCUT2D eigenvalue weighted by atomic mass is 16.5. The zero-order valence-electron chi connectivity index (χ0n) is 11.2. The lowest BCUT2D eigenvalue weighted by Gasteiger charge is -2.06. The molecule has 20 heavy (non-hydrogen) atoms. The lowest BCUT2D eigenvalue weighted by Crippen LogP contribution is -2.08. The van der Waals surface area contributed by atoms with Crippen LogP contribution in [0.15, 0.2) is 66.7 Å². The summed E-state index contributed by atoms with van der Waals surface area (Å²) in [5.74, 6) is 0.235. The third kappa shape index (κ3) is 2.54. The van der Waals surface area contributed by atoms with Crippen molar-refractivity contribution in [3.05, 3.63) is 77.9 Å². The first-order valence-corrected chi connectivity index (χ1v) is 6.50. The van der Waals surface area contributed by atoms with E-state index in [4.69, 9.17) is 4.74 Å². The summed E-state index contributed by atoms with van der Waals surface area (Å²) >= 11 is 0. The van der Waals surface area contributed by atoms with Crippen molar-refractivity contribution < 1.29 is 9.53 Å². The van der Waals surface area contributed by atoms with Crippen LogP contribution < -0.4 is 4.74 Å². The molecular weight excluding hydrogens is 248 g/mol. The Labute approximate surface area is 117 Å². The zero-order chi connectivity index (χ0) is 13.9. The topological polar surface area (TPSA) is 26.3 Å². The lowest BCUT2D eigenvalue weighted by atomic mass is 10.1. The van der Waals surface area contributed by atoms with E-state index in [-0.39, 0.29) is 5.97 Å². The minimum atomic E-state index is -0.330. The molecule has 0 heterocycles. The number of carbonyl (C=O) groups is 1. The number of ether oxygens (including phenoxy) is 1. The van der Waals surface area contributed by atoms with Crippen LogP contribution in [0.3, 0.4) is 0 Å². The summed E-state index contributed by atoms with van der Waals surface area (Å²) in [5.41, 5.74) is 1.61. The molecule has 3 aromatic carbocycles. The fourth-order valence-corrected chi connectivity index (χ4v) is 2.17. The van der Waals surface area contributed by atoms with E-state index >= 15 is 0 Å². The summed E-state index contributed by atoms with van der Waals surface area (Å²) in [6.45, 7) is 1.95. The molecule has 0 N–H and O–H groups in total. The van der Waals surface area contributed by atoms with Gasteiger partial charge in [0.05, 0.1) is 5.56 Å². The Balaban J connectivity index is 1.87. The van der Waals surface area contributed by atoms with Gasteiger partial charge in [-0.3, -0.25) is 0 Å². The second kappa shape index (κ2) is 5.17. The van der Waals surface area contributed by atoms with Crippen LogP contribution in [0.25, 0.3) is 10.8 Å². The van der Waals surface area contributed by atoms with E-state index < -0.39 is 0 Å². The van der Waals surface area contributed by atoms with Gasteiger partial charge in [-0.1, -0.05) is 48.0 Å². The van der Waals surface area contributed by atoms with Crippen molar-refractivity contribution >= 4 is 16.7 Å². The lowest BCUT2D eigenvalue weighted by molar-refractivity contribution is 0.0735. The third-order valence-electron chi connectivity index (χ3n) is 3.19. The minimum Gasteiger partial charge on any atom is -0.423 e. The third-order valence-corrected chi connectivity index (χ3v) is 3.19. The average molecular weight is 262 g/mol. The molecular formula is C18H14O2. The Morgan fingerprint density at radius 2 is 1.65 bits per heavy atom. The Morgan fingerprint density at radius 1 is 0.850 bits per heavy atom. The molecule has 0 unspecified atom stereocenters. The molecule has 0 aliphatic carbocycles. The molecule has 0 fully saturated rings. The van der Waals surface area contributed by atoms with Gasteiger partial charge in [-0.05, 0) is 42.0 Å². The maximum atomic E-state index is 12.1. The van der Waals surface area contributed by atoms with Gasteiger partial charge in [0.25, 0.3) is 0 Å². The number of rotatable bonds is 2. The molecule has 2 heteroatoms. The highest BCUT2D eigenvalue weighted by molar-refractivity contribution is 5.92. The Morgan fingerprint density at radius 3 is 2.45 bits per heavy atom. The summed E-state index contributed by atoms with van der Waals surface area (Å²) in [7, 11) is 0. The van der Waals surface area contributed by atoms with Crippen molar-refractivity contribution in [1.29, 1.82) is 0 Å². The number of hydrogen-bond acceptors (Lipinski definition) is 2. The highest BCUT2D eigenvalue weighted by Crippen LogP contribution is 2.21. The van der Waals surface area contributed by atoms with E-state index in [0.717, 1.165) is 16.3 Å².